The first-order chi connectivity index (χ1) is 12.0. The van der Waals surface area contributed by atoms with Gasteiger partial charge in [-0.05, 0) is 29.3 Å². The average Bonchev–Trinajstić information content (AvgIpc) is 2.59. The minimum atomic E-state index is -0.492. The molecule has 0 radical (unpaired) electrons. The van der Waals surface area contributed by atoms with Crippen LogP contribution in [0.3, 0.4) is 0 Å². The Morgan fingerprint density at radius 2 is 2.00 bits per heavy atom. The van der Waals surface area contributed by atoms with Crippen molar-refractivity contribution in [3.63, 3.8) is 0 Å². The lowest BCUT2D eigenvalue weighted by molar-refractivity contribution is -0.384. The number of non-ortho nitro benzene ring substituents is 1. The molecule has 0 amide bonds. The van der Waals surface area contributed by atoms with Crippen LogP contribution in [0.1, 0.15) is 16.7 Å². The first-order valence-corrected chi connectivity index (χ1v) is 7.84. The molecule has 0 aliphatic rings. The first kappa shape index (κ1) is 17.1. The van der Waals surface area contributed by atoms with Crippen LogP contribution in [0.2, 0.25) is 5.02 Å². The van der Waals surface area contributed by atoms with Crippen LogP contribution < -0.4 is 5.63 Å². The fraction of sp³-hybridized carbons (Fsp3) is 0.167. The predicted molar refractivity (Wildman–Crippen MR) is 94.1 cm³/mol. The van der Waals surface area contributed by atoms with E-state index in [4.69, 9.17) is 20.8 Å². The van der Waals surface area contributed by atoms with Crippen LogP contribution in [0.5, 0.6) is 0 Å². The number of nitro benzene ring substituents is 1. The van der Waals surface area contributed by atoms with E-state index in [9.17, 15) is 14.9 Å². The van der Waals surface area contributed by atoms with Gasteiger partial charge in [-0.15, -0.1) is 0 Å². The number of benzene rings is 2. The molecule has 0 unspecified atom stereocenters. The third-order valence-corrected chi connectivity index (χ3v) is 4.11. The highest BCUT2D eigenvalue weighted by Gasteiger charge is 2.16. The number of methoxy groups -OCH3 is 1. The lowest BCUT2D eigenvalue weighted by Crippen LogP contribution is -2.13. The number of nitrogens with zero attached hydrogens (tertiary/aromatic N) is 1. The zero-order valence-corrected chi connectivity index (χ0v) is 14.1. The van der Waals surface area contributed by atoms with Gasteiger partial charge in [0.05, 0.1) is 11.5 Å². The van der Waals surface area contributed by atoms with E-state index in [1.54, 1.807) is 30.3 Å². The molecular formula is C18H14ClNO5. The van der Waals surface area contributed by atoms with E-state index >= 15 is 0 Å². The van der Waals surface area contributed by atoms with Gasteiger partial charge < -0.3 is 9.15 Å². The molecule has 0 N–H and O–H groups in total. The van der Waals surface area contributed by atoms with Crippen molar-refractivity contribution in [2.75, 3.05) is 7.11 Å². The second-order valence-corrected chi connectivity index (χ2v) is 5.96. The van der Waals surface area contributed by atoms with Crippen LogP contribution in [-0.2, 0) is 17.8 Å². The molecular weight excluding hydrogens is 346 g/mol. The number of hydrogen-bond acceptors (Lipinski definition) is 5. The molecule has 0 fully saturated rings. The summed E-state index contributed by atoms with van der Waals surface area (Å²) in [6.07, 6.45) is 0.200. The summed E-state index contributed by atoms with van der Waals surface area (Å²) >= 11 is 6.06. The van der Waals surface area contributed by atoms with Crippen molar-refractivity contribution in [2.45, 2.75) is 13.0 Å². The van der Waals surface area contributed by atoms with E-state index in [1.165, 1.54) is 19.2 Å². The molecule has 3 rings (SSSR count). The van der Waals surface area contributed by atoms with Gasteiger partial charge in [0.15, 0.2) is 0 Å². The molecule has 0 saturated carbocycles. The van der Waals surface area contributed by atoms with E-state index in [0.717, 1.165) is 0 Å². The zero-order valence-electron chi connectivity index (χ0n) is 13.3. The molecule has 2 aromatic carbocycles. The van der Waals surface area contributed by atoms with Crippen LogP contribution in [0.4, 0.5) is 5.69 Å². The van der Waals surface area contributed by atoms with Gasteiger partial charge in [-0.3, -0.25) is 10.1 Å². The molecule has 3 aromatic rings. The molecule has 0 bridgehead atoms. The fourth-order valence-corrected chi connectivity index (χ4v) is 2.92. The molecule has 0 aliphatic carbocycles. The van der Waals surface area contributed by atoms with E-state index in [1.807, 2.05) is 0 Å². The van der Waals surface area contributed by atoms with Crippen LogP contribution in [-0.4, -0.2) is 12.0 Å². The maximum absolute atomic E-state index is 12.4. The molecule has 6 nitrogen and oxygen atoms in total. The Hall–Kier alpha value is -2.70. The smallest absolute Gasteiger partial charge is 0.340 e. The van der Waals surface area contributed by atoms with Crippen molar-refractivity contribution in [1.82, 2.24) is 0 Å². The van der Waals surface area contributed by atoms with Crippen molar-refractivity contribution in [1.29, 1.82) is 0 Å². The standard InChI is InChI=1S/C18H14ClNO5/c1-24-10-16-14-9-12(19)5-6-17(14)25-18(21)15(16)8-11-3-2-4-13(7-11)20(22)23/h2-7,9H,8,10H2,1H3. The van der Waals surface area contributed by atoms with E-state index in [2.05, 4.69) is 0 Å². The van der Waals surface area contributed by atoms with Gasteiger partial charge in [0.25, 0.3) is 5.69 Å². The topological polar surface area (TPSA) is 82.6 Å². The quantitative estimate of drug-likeness (QED) is 0.389. The van der Waals surface area contributed by atoms with E-state index in [0.29, 0.717) is 32.7 Å². The van der Waals surface area contributed by atoms with Crippen molar-refractivity contribution < 1.29 is 14.1 Å². The SMILES string of the molecule is COCc1c(Cc2cccc([N+](=O)[O-])c2)c(=O)oc2ccc(Cl)cc12. The van der Waals surface area contributed by atoms with Crippen LogP contribution in [0.15, 0.2) is 51.7 Å². The molecule has 128 valence electrons. The van der Waals surface area contributed by atoms with E-state index < -0.39 is 10.5 Å². The summed E-state index contributed by atoms with van der Waals surface area (Å²) in [4.78, 5) is 22.9. The highest BCUT2D eigenvalue weighted by atomic mass is 35.5. The number of rotatable bonds is 5. The summed E-state index contributed by atoms with van der Waals surface area (Å²) in [6, 6.07) is 11.2. The summed E-state index contributed by atoms with van der Waals surface area (Å²) in [7, 11) is 1.53. The highest BCUT2D eigenvalue weighted by Crippen LogP contribution is 2.26. The second-order valence-electron chi connectivity index (χ2n) is 5.52. The number of fused-ring (bicyclic) bond motifs is 1. The average molecular weight is 360 g/mol. The molecule has 0 aliphatic heterocycles. The summed E-state index contributed by atoms with van der Waals surface area (Å²) in [5, 5.41) is 12.1. The third-order valence-electron chi connectivity index (χ3n) is 3.87. The van der Waals surface area contributed by atoms with Crippen LogP contribution in [0.25, 0.3) is 11.0 Å². The van der Waals surface area contributed by atoms with Crippen LogP contribution in [0, 0.1) is 10.1 Å². The third kappa shape index (κ3) is 3.55. The summed E-state index contributed by atoms with van der Waals surface area (Å²) in [6.45, 7) is 0.201. The van der Waals surface area contributed by atoms with Crippen molar-refractivity contribution >= 4 is 28.3 Å². The van der Waals surface area contributed by atoms with Crippen LogP contribution >= 0.6 is 11.6 Å². The molecule has 0 saturated heterocycles. The maximum Gasteiger partial charge on any atom is 0.340 e. The van der Waals surface area contributed by atoms with Gasteiger partial charge in [0.1, 0.15) is 5.58 Å². The van der Waals surface area contributed by atoms with Crippen molar-refractivity contribution in [3.05, 3.63) is 84.7 Å². The molecule has 1 heterocycles. The minimum Gasteiger partial charge on any atom is -0.422 e. The molecule has 1 aromatic heterocycles. The number of nitro groups is 1. The fourth-order valence-electron chi connectivity index (χ4n) is 2.75. The van der Waals surface area contributed by atoms with Gasteiger partial charge in [-0.2, -0.15) is 0 Å². The highest BCUT2D eigenvalue weighted by molar-refractivity contribution is 6.31. The molecule has 0 spiro atoms. The molecule has 7 heteroatoms. The van der Waals surface area contributed by atoms with Crippen molar-refractivity contribution in [3.8, 4) is 0 Å². The summed E-state index contributed by atoms with van der Waals surface area (Å²) < 4.78 is 10.6. The Labute approximate surface area is 147 Å². The van der Waals surface area contributed by atoms with E-state index in [-0.39, 0.29) is 18.7 Å². The van der Waals surface area contributed by atoms with Crippen molar-refractivity contribution in [2.24, 2.45) is 0 Å². The Morgan fingerprint density at radius 1 is 1.20 bits per heavy atom. The number of ether oxygens (including phenoxy) is 1. The monoisotopic (exact) mass is 359 g/mol. The minimum absolute atomic E-state index is 0.0287. The van der Waals surface area contributed by atoms with Gasteiger partial charge in [-0.1, -0.05) is 23.7 Å². The van der Waals surface area contributed by atoms with Gasteiger partial charge >= 0.3 is 5.63 Å². The Balaban J connectivity index is 2.16. The molecule has 0 atom stereocenters. The predicted octanol–water partition coefficient (Wildman–Crippen LogP) is 4.09. The molecule has 25 heavy (non-hydrogen) atoms. The zero-order chi connectivity index (χ0) is 18.0. The Bertz CT molecular complexity index is 1010. The second kappa shape index (κ2) is 7.04. The summed E-state index contributed by atoms with van der Waals surface area (Å²) in [5.74, 6) is 0. The Kier molecular flexibility index (Phi) is 4.83. The maximum atomic E-state index is 12.4. The number of hydrogen-bond donors (Lipinski definition) is 0. The number of halogens is 1. The van der Waals surface area contributed by atoms with Gasteiger partial charge in [0.2, 0.25) is 0 Å². The normalized spacial score (nSPS) is 11.0. The van der Waals surface area contributed by atoms with Gasteiger partial charge in [-0.25, -0.2) is 4.79 Å². The Morgan fingerprint density at radius 3 is 2.72 bits per heavy atom. The summed E-state index contributed by atoms with van der Waals surface area (Å²) in [5.41, 5.74) is 1.61. The first-order valence-electron chi connectivity index (χ1n) is 7.46. The lowest BCUT2D eigenvalue weighted by atomic mass is 9.98. The van der Waals surface area contributed by atoms with Gasteiger partial charge in [0, 0.05) is 41.6 Å². The lowest BCUT2D eigenvalue weighted by Gasteiger charge is -2.11. The largest absolute Gasteiger partial charge is 0.422 e.